The summed E-state index contributed by atoms with van der Waals surface area (Å²) in [7, 11) is 1.75. The maximum atomic E-state index is 5.19. The smallest absolute Gasteiger partial charge is 0.0704 e. The van der Waals surface area contributed by atoms with Crippen LogP contribution < -0.4 is 0 Å². The van der Waals surface area contributed by atoms with E-state index in [2.05, 4.69) is 22.2 Å². The SMILES string of the molecule is COC[C@@H]1CCCN1/N=C/c1ccccc1. The Bertz CT molecular complexity index is 337. The molecule has 86 valence electrons. The Morgan fingerprint density at radius 2 is 2.25 bits per heavy atom. The molecule has 1 aromatic carbocycles. The molecule has 3 nitrogen and oxygen atoms in total. The van der Waals surface area contributed by atoms with Gasteiger partial charge in [-0.1, -0.05) is 30.3 Å². The van der Waals surface area contributed by atoms with E-state index in [4.69, 9.17) is 4.74 Å². The summed E-state index contributed by atoms with van der Waals surface area (Å²) in [5, 5.41) is 6.66. The van der Waals surface area contributed by atoms with Gasteiger partial charge in [-0.05, 0) is 18.4 Å². The Balaban J connectivity index is 1.96. The Kier molecular flexibility index (Phi) is 3.94. The average Bonchev–Trinajstić information content (AvgIpc) is 2.76. The zero-order valence-corrected chi connectivity index (χ0v) is 9.67. The number of nitrogens with zero attached hydrogens (tertiary/aromatic N) is 2. The van der Waals surface area contributed by atoms with Crippen LogP contribution >= 0.6 is 0 Å². The minimum absolute atomic E-state index is 0.449. The molecular formula is C13H18N2O. The van der Waals surface area contributed by atoms with E-state index in [0.717, 1.165) is 18.7 Å². The quantitative estimate of drug-likeness (QED) is 0.723. The summed E-state index contributed by atoms with van der Waals surface area (Å²) in [5.41, 5.74) is 1.14. The molecule has 0 bridgehead atoms. The van der Waals surface area contributed by atoms with Crippen molar-refractivity contribution < 1.29 is 4.74 Å². The van der Waals surface area contributed by atoms with Crippen LogP contribution in [0.4, 0.5) is 0 Å². The fraction of sp³-hybridized carbons (Fsp3) is 0.462. The van der Waals surface area contributed by atoms with E-state index in [0.29, 0.717) is 6.04 Å². The molecule has 1 heterocycles. The molecule has 0 amide bonds. The lowest BCUT2D eigenvalue weighted by molar-refractivity contribution is 0.118. The standard InChI is InChI=1S/C13H18N2O/c1-16-11-13-8-5-9-15(13)14-10-12-6-3-2-4-7-12/h2-4,6-7,10,13H,5,8-9,11H2,1H3/b14-10+/t13-/m0/s1. The van der Waals surface area contributed by atoms with Gasteiger partial charge >= 0.3 is 0 Å². The lowest BCUT2D eigenvalue weighted by Crippen LogP contribution is -2.28. The highest BCUT2D eigenvalue weighted by atomic mass is 16.5. The van der Waals surface area contributed by atoms with E-state index in [9.17, 15) is 0 Å². The Morgan fingerprint density at radius 3 is 3.00 bits per heavy atom. The summed E-state index contributed by atoms with van der Waals surface area (Å²) in [6, 6.07) is 10.6. The summed E-state index contributed by atoms with van der Waals surface area (Å²) >= 11 is 0. The topological polar surface area (TPSA) is 24.8 Å². The molecule has 16 heavy (non-hydrogen) atoms. The van der Waals surface area contributed by atoms with E-state index >= 15 is 0 Å². The Labute approximate surface area is 96.7 Å². The van der Waals surface area contributed by atoms with Crippen LogP contribution in [-0.2, 0) is 4.74 Å². The van der Waals surface area contributed by atoms with Gasteiger partial charge in [0.05, 0.1) is 18.9 Å². The molecule has 2 rings (SSSR count). The molecule has 0 unspecified atom stereocenters. The minimum Gasteiger partial charge on any atom is -0.382 e. The van der Waals surface area contributed by atoms with Crippen molar-refractivity contribution in [3.05, 3.63) is 35.9 Å². The van der Waals surface area contributed by atoms with E-state index in [1.54, 1.807) is 7.11 Å². The van der Waals surface area contributed by atoms with Gasteiger partial charge in [-0.15, -0.1) is 0 Å². The molecule has 0 radical (unpaired) electrons. The summed E-state index contributed by atoms with van der Waals surface area (Å²) < 4.78 is 5.19. The average molecular weight is 218 g/mol. The lowest BCUT2D eigenvalue weighted by Gasteiger charge is -2.20. The highest BCUT2D eigenvalue weighted by molar-refractivity contribution is 5.79. The number of hydrogen-bond acceptors (Lipinski definition) is 3. The third-order valence-electron chi connectivity index (χ3n) is 2.86. The van der Waals surface area contributed by atoms with Crippen molar-refractivity contribution in [3.63, 3.8) is 0 Å². The predicted molar refractivity (Wildman–Crippen MR) is 65.6 cm³/mol. The van der Waals surface area contributed by atoms with Crippen molar-refractivity contribution in [3.8, 4) is 0 Å². The molecule has 0 aromatic heterocycles. The zero-order chi connectivity index (χ0) is 11.2. The third kappa shape index (κ3) is 2.83. The van der Waals surface area contributed by atoms with E-state index < -0.39 is 0 Å². The number of rotatable bonds is 4. The maximum Gasteiger partial charge on any atom is 0.0704 e. The van der Waals surface area contributed by atoms with E-state index in [1.807, 2.05) is 24.4 Å². The molecule has 1 aromatic rings. The number of hydrogen-bond donors (Lipinski definition) is 0. The van der Waals surface area contributed by atoms with Gasteiger partial charge in [0.2, 0.25) is 0 Å². The lowest BCUT2D eigenvalue weighted by atomic mass is 10.2. The second-order valence-electron chi connectivity index (χ2n) is 4.07. The van der Waals surface area contributed by atoms with Crippen molar-refractivity contribution in [2.24, 2.45) is 5.10 Å². The van der Waals surface area contributed by atoms with Gasteiger partial charge in [0.25, 0.3) is 0 Å². The van der Waals surface area contributed by atoms with Crippen LogP contribution in [0.2, 0.25) is 0 Å². The number of benzene rings is 1. The van der Waals surface area contributed by atoms with Crippen LogP contribution in [0.3, 0.4) is 0 Å². The Hall–Kier alpha value is -1.35. The molecule has 1 aliphatic rings. The van der Waals surface area contributed by atoms with Gasteiger partial charge in [-0.2, -0.15) is 5.10 Å². The highest BCUT2D eigenvalue weighted by Crippen LogP contribution is 2.17. The molecule has 0 spiro atoms. The summed E-state index contributed by atoms with van der Waals surface area (Å²) in [5.74, 6) is 0. The molecule has 3 heteroatoms. The van der Waals surface area contributed by atoms with Gasteiger partial charge < -0.3 is 4.74 Å². The molecule has 0 N–H and O–H groups in total. The molecule has 1 atom stereocenters. The monoisotopic (exact) mass is 218 g/mol. The molecule has 0 aliphatic carbocycles. The van der Waals surface area contributed by atoms with Crippen molar-refractivity contribution >= 4 is 6.21 Å². The van der Waals surface area contributed by atoms with Crippen LogP contribution in [-0.4, -0.2) is 37.5 Å². The van der Waals surface area contributed by atoms with Crippen molar-refractivity contribution in [2.75, 3.05) is 20.3 Å². The van der Waals surface area contributed by atoms with Gasteiger partial charge in [-0.25, -0.2) is 0 Å². The number of methoxy groups -OCH3 is 1. The van der Waals surface area contributed by atoms with Crippen molar-refractivity contribution in [1.82, 2.24) is 5.01 Å². The maximum absolute atomic E-state index is 5.19. The van der Waals surface area contributed by atoms with Gasteiger partial charge in [-0.3, -0.25) is 5.01 Å². The molecule has 1 aliphatic heterocycles. The van der Waals surface area contributed by atoms with E-state index in [-0.39, 0.29) is 0 Å². The van der Waals surface area contributed by atoms with Gasteiger partial charge in [0.1, 0.15) is 0 Å². The molecule has 1 saturated heterocycles. The predicted octanol–water partition coefficient (Wildman–Crippen LogP) is 2.13. The van der Waals surface area contributed by atoms with E-state index in [1.165, 1.54) is 12.8 Å². The first-order valence-corrected chi connectivity index (χ1v) is 5.75. The van der Waals surface area contributed by atoms with Crippen LogP contribution in [0.5, 0.6) is 0 Å². The Morgan fingerprint density at radius 1 is 1.44 bits per heavy atom. The van der Waals surface area contributed by atoms with Crippen LogP contribution in [0.1, 0.15) is 18.4 Å². The number of ether oxygens (including phenoxy) is 1. The van der Waals surface area contributed by atoms with Crippen LogP contribution in [0, 0.1) is 0 Å². The van der Waals surface area contributed by atoms with Crippen molar-refractivity contribution in [2.45, 2.75) is 18.9 Å². The van der Waals surface area contributed by atoms with Gasteiger partial charge in [0, 0.05) is 13.7 Å². The van der Waals surface area contributed by atoms with Gasteiger partial charge in [0.15, 0.2) is 0 Å². The normalized spacial score (nSPS) is 20.8. The largest absolute Gasteiger partial charge is 0.382 e. The third-order valence-corrected chi connectivity index (χ3v) is 2.86. The first-order chi connectivity index (χ1) is 7.90. The highest BCUT2D eigenvalue weighted by Gasteiger charge is 2.22. The second-order valence-corrected chi connectivity index (χ2v) is 4.07. The fourth-order valence-corrected chi connectivity index (χ4v) is 2.01. The first kappa shape index (κ1) is 11.1. The molecular weight excluding hydrogens is 200 g/mol. The van der Waals surface area contributed by atoms with Crippen molar-refractivity contribution in [1.29, 1.82) is 0 Å². The fourth-order valence-electron chi connectivity index (χ4n) is 2.01. The summed E-state index contributed by atoms with van der Waals surface area (Å²) in [6.07, 6.45) is 4.31. The van der Waals surface area contributed by atoms with Crippen LogP contribution in [0.25, 0.3) is 0 Å². The summed E-state index contributed by atoms with van der Waals surface area (Å²) in [4.78, 5) is 0. The minimum atomic E-state index is 0.449. The second kappa shape index (κ2) is 5.66. The molecule has 0 saturated carbocycles. The summed E-state index contributed by atoms with van der Waals surface area (Å²) in [6.45, 7) is 1.81. The molecule has 1 fully saturated rings. The van der Waals surface area contributed by atoms with Crippen LogP contribution in [0.15, 0.2) is 35.4 Å². The number of hydrazone groups is 1. The zero-order valence-electron chi connectivity index (χ0n) is 9.67. The first-order valence-electron chi connectivity index (χ1n) is 5.75.